The van der Waals surface area contributed by atoms with Crippen molar-refractivity contribution in [2.45, 2.75) is 13.3 Å². The molecule has 0 aliphatic carbocycles. The lowest BCUT2D eigenvalue weighted by molar-refractivity contribution is 0.0988. The zero-order valence-electron chi connectivity index (χ0n) is 11.6. The maximum absolute atomic E-state index is 12.3. The van der Waals surface area contributed by atoms with Crippen LogP contribution in [0.2, 0.25) is 0 Å². The first-order valence-electron chi connectivity index (χ1n) is 6.67. The summed E-state index contributed by atoms with van der Waals surface area (Å²) in [5, 5.41) is 10.4. The molecular weight excluding hydrogens is 264 g/mol. The summed E-state index contributed by atoms with van der Waals surface area (Å²) in [5.41, 5.74) is 2.87. The van der Waals surface area contributed by atoms with Gasteiger partial charge >= 0.3 is 0 Å². The van der Waals surface area contributed by atoms with Crippen LogP contribution >= 0.6 is 0 Å². The fourth-order valence-corrected chi connectivity index (χ4v) is 2.31. The smallest absolute Gasteiger partial charge is 0.185 e. The summed E-state index contributed by atoms with van der Waals surface area (Å²) in [7, 11) is 0. The van der Waals surface area contributed by atoms with Crippen LogP contribution in [-0.2, 0) is 6.42 Å². The molecule has 3 aromatic rings. The molecule has 0 fully saturated rings. The number of carbonyl (C=O) groups excluding carboxylic acids is 1. The van der Waals surface area contributed by atoms with Gasteiger partial charge in [-0.05, 0) is 48.9 Å². The van der Waals surface area contributed by atoms with Gasteiger partial charge in [0.25, 0.3) is 0 Å². The molecular formula is C17H14N2O2. The topological polar surface area (TPSA) is 63.1 Å². The monoisotopic (exact) mass is 278 g/mol. The summed E-state index contributed by atoms with van der Waals surface area (Å²) < 4.78 is 0. The molecule has 1 aromatic carbocycles. The van der Waals surface area contributed by atoms with E-state index >= 15 is 0 Å². The number of nitrogens with zero attached hydrogens (tertiary/aromatic N) is 2. The van der Waals surface area contributed by atoms with Crippen LogP contribution in [0.15, 0.2) is 48.7 Å². The third-order valence-electron chi connectivity index (χ3n) is 3.34. The van der Waals surface area contributed by atoms with Crippen LogP contribution in [-0.4, -0.2) is 20.9 Å². The number of ketones is 1. The predicted octanol–water partition coefficient (Wildman–Crippen LogP) is 3.07. The van der Waals surface area contributed by atoms with Crippen molar-refractivity contribution in [2.75, 3.05) is 0 Å². The first kappa shape index (κ1) is 13.2. The first-order valence-corrected chi connectivity index (χ1v) is 6.67. The molecule has 0 saturated carbocycles. The summed E-state index contributed by atoms with van der Waals surface area (Å²) in [5.74, 6) is 0.118. The number of hydrogen-bond donors (Lipinski definition) is 1. The van der Waals surface area contributed by atoms with E-state index < -0.39 is 0 Å². The van der Waals surface area contributed by atoms with Crippen molar-refractivity contribution in [3.05, 3.63) is 65.6 Å². The van der Waals surface area contributed by atoms with Gasteiger partial charge in [-0.15, -0.1) is 0 Å². The number of fused-ring (bicyclic) bond motifs is 1. The van der Waals surface area contributed by atoms with Crippen LogP contribution in [0.4, 0.5) is 0 Å². The van der Waals surface area contributed by atoms with Gasteiger partial charge in [0, 0.05) is 23.7 Å². The van der Waals surface area contributed by atoms with Crippen molar-refractivity contribution in [3.63, 3.8) is 0 Å². The molecule has 0 saturated heterocycles. The highest BCUT2D eigenvalue weighted by atomic mass is 16.3. The number of phenolic OH excluding ortho intramolecular Hbond substituents is 1. The largest absolute Gasteiger partial charge is 0.508 e. The Hall–Kier alpha value is -2.75. The fourth-order valence-electron chi connectivity index (χ4n) is 2.31. The number of phenols is 1. The Morgan fingerprint density at radius 3 is 2.86 bits per heavy atom. The highest BCUT2D eigenvalue weighted by Crippen LogP contribution is 2.22. The SMILES string of the molecule is Cc1cccc(C(=O)Cc2ccnc3ccc(O)cc23)n1. The van der Waals surface area contributed by atoms with Gasteiger partial charge in [-0.1, -0.05) is 6.07 Å². The third-order valence-corrected chi connectivity index (χ3v) is 3.34. The molecule has 4 heteroatoms. The first-order chi connectivity index (χ1) is 10.1. The molecule has 0 aliphatic heterocycles. The molecule has 0 atom stereocenters. The van der Waals surface area contributed by atoms with E-state index in [2.05, 4.69) is 9.97 Å². The second-order valence-corrected chi connectivity index (χ2v) is 4.94. The number of Topliss-reactive ketones (excluding diaryl/α,β-unsaturated/α-hetero) is 1. The van der Waals surface area contributed by atoms with E-state index in [4.69, 9.17) is 0 Å². The molecule has 0 aliphatic rings. The predicted molar refractivity (Wildman–Crippen MR) is 80.4 cm³/mol. The van der Waals surface area contributed by atoms with Crippen molar-refractivity contribution >= 4 is 16.7 Å². The van der Waals surface area contributed by atoms with Gasteiger partial charge in [0.2, 0.25) is 0 Å². The highest BCUT2D eigenvalue weighted by molar-refractivity contribution is 5.98. The summed E-state index contributed by atoms with van der Waals surface area (Å²) in [6.45, 7) is 1.86. The van der Waals surface area contributed by atoms with E-state index in [1.807, 2.05) is 19.1 Å². The zero-order chi connectivity index (χ0) is 14.8. The van der Waals surface area contributed by atoms with Gasteiger partial charge in [0.1, 0.15) is 11.4 Å². The van der Waals surface area contributed by atoms with E-state index in [1.54, 1.807) is 36.5 Å². The minimum absolute atomic E-state index is 0.0467. The standard InChI is InChI=1S/C17H14N2O2/c1-11-3-2-4-16(19-11)17(21)9-12-7-8-18-15-6-5-13(20)10-14(12)15/h2-8,10,20H,9H2,1H3. The van der Waals surface area contributed by atoms with E-state index in [0.29, 0.717) is 5.69 Å². The summed E-state index contributed by atoms with van der Waals surface area (Å²) in [6, 6.07) is 12.2. The van der Waals surface area contributed by atoms with Crippen LogP contribution in [0.3, 0.4) is 0 Å². The van der Waals surface area contributed by atoms with E-state index in [-0.39, 0.29) is 18.0 Å². The minimum Gasteiger partial charge on any atom is -0.508 e. The summed E-state index contributed by atoms with van der Waals surface area (Å²) in [6.07, 6.45) is 1.91. The summed E-state index contributed by atoms with van der Waals surface area (Å²) >= 11 is 0. The Bertz CT molecular complexity index is 828. The lowest BCUT2D eigenvalue weighted by Crippen LogP contribution is -2.07. The average Bonchev–Trinajstić information content (AvgIpc) is 2.48. The number of rotatable bonds is 3. The quantitative estimate of drug-likeness (QED) is 0.748. The molecule has 2 heterocycles. The van der Waals surface area contributed by atoms with Crippen molar-refractivity contribution in [2.24, 2.45) is 0 Å². The molecule has 0 bridgehead atoms. The van der Waals surface area contributed by atoms with Gasteiger partial charge < -0.3 is 5.11 Å². The van der Waals surface area contributed by atoms with Gasteiger partial charge in [0.15, 0.2) is 5.78 Å². The summed E-state index contributed by atoms with van der Waals surface area (Å²) in [4.78, 5) is 20.8. The van der Waals surface area contributed by atoms with Gasteiger partial charge in [-0.3, -0.25) is 14.8 Å². The fraction of sp³-hybridized carbons (Fsp3) is 0.118. The Balaban J connectivity index is 1.98. The Morgan fingerprint density at radius 2 is 2.05 bits per heavy atom. The van der Waals surface area contributed by atoms with Gasteiger partial charge in [-0.2, -0.15) is 0 Å². The van der Waals surface area contributed by atoms with Gasteiger partial charge in [0.05, 0.1) is 5.52 Å². The van der Waals surface area contributed by atoms with Crippen molar-refractivity contribution < 1.29 is 9.90 Å². The van der Waals surface area contributed by atoms with Crippen molar-refractivity contribution in [1.82, 2.24) is 9.97 Å². The molecule has 0 amide bonds. The number of benzene rings is 1. The lowest BCUT2D eigenvalue weighted by Gasteiger charge is -2.06. The normalized spacial score (nSPS) is 10.7. The molecule has 0 spiro atoms. The zero-order valence-corrected chi connectivity index (χ0v) is 11.6. The number of pyridine rings is 2. The van der Waals surface area contributed by atoms with Gasteiger partial charge in [-0.25, -0.2) is 0 Å². The molecule has 0 unspecified atom stereocenters. The number of aromatic hydroxyl groups is 1. The van der Waals surface area contributed by atoms with E-state index in [0.717, 1.165) is 22.2 Å². The Kier molecular flexibility index (Phi) is 3.36. The van der Waals surface area contributed by atoms with Crippen molar-refractivity contribution in [3.8, 4) is 5.75 Å². The minimum atomic E-state index is -0.0467. The second-order valence-electron chi connectivity index (χ2n) is 4.94. The van der Waals surface area contributed by atoms with E-state index in [9.17, 15) is 9.90 Å². The molecule has 1 N–H and O–H groups in total. The lowest BCUT2D eigenvalue weighted by atomic mass is 10.0. The second kappa shape index (κ2) is 5.32. The Labute approximate surface area is 122 Å². The van der Waals surface area contributed by atoms with Crippen LogP contribution in [0.25, 0.3) is 10.9 Å². The van der Waals surface area contributed by atoms with Crippen LogP contribution < -0.4 is 0 Å². The number of aromatic nitrogens is 2. The van der Waals surface area contributed by atoms with E-state index in [1.165, 1.54) is 0 Å². The molecule has 3 rings (SSSR count). The average molecular weight is 278 g/mol. The molecule has 2 aromatic heterocycles. The van der Waals surface area contributed by atoms with Crippen LogP contribution in [0, 0.1) is 6.92 Å². The molecule has 0 radical (unpaired) electrons. The van der Waals surface area contributed by atoms with Crippen LogP contribution in [0.5, 0.6) is 5.75 Å². The van der Waals surface area contributed by atoms with Crippen LogP contribution in [0.1, 0.15) is 21.7 Å². The number of carbonyl (C=O) groups is 1. The maximum Gasteiger partial charge on any atom is 0.185 e. The Morgan fingerprint density at radius 1 is 1.19 bits per heavy atom. The molecule has 4 nitrogen and oxygen atoms in total. The number of aryl methyl sites for hydroxylation is 1. The molecule has 21 heavy (non-hydrogen) atoms. The molecule has 104 valence electrons. The van der Waals surface area contributed by atoms with Crippen molar-refractivity contribution in [1.29, 1.82) is 0 Å². The number of hydrogen-bond acceptors (Lipinski definition) is 4. The highest BCUT2D eigenvalue weighted by Gasteiger charge is 2.11. The third kappa shape index (κ3) is 2.74. The maximum atomic E-state index is 12.3.